The van der Waals surface area contributed by atoms with E-state index in [1.807, 2.05) is 0 Å². The van der Waals surface area contributed by atoms with Crippen molar-refractivity contribution in [1.29, 1.82) is 0 Å². The molecule has 5 amide bonds. The van der Waals surface area contributed by atoms with Crippen LogP contribution in [0.3, 0.4) is 0 Å². The molecule has 0 aromatic heterocycles. The molecule has 3 aliphatic carbocycles. The van der Waals surface area contributed by atoms with Gasteiger partial charge in [0.2, 0.25) is 23.6 Å². The number of nitrogens with two attached hydrogens (primary N) is 2. The molecular formula is C43H61BF3N7O8. The summed E-state index contributed by atoms with van der Waals surface area (Å²) in [5.74, 6) is -3.21. The number of hydrogen-bond donors (Lipinski definition) is 8. The second-order valence-electron chi connectivity index (χ2n) is 17.7. The third-order valence-electron chi connectivity index (χ3n) is 12.9. The fourth-order valence-corrected chi connectivity index (χ4v) is 8.94. The lowest BCUT2D eigenvalue weighted by molar-refractivity contribution is -0.199. The number of unbranched alkanes of at least 4 members (excludes halogenated alkanes) is 1. The van der Waals surface area contributed by atoms with E-state index in [-0.39, 0.29) is 36.5 Å². The largest absolute Gasteiger partial charge is 0.481 e. The van der Waals surface area contributed by atoms with E-state index in [0.29, 0.717) is 42.3 Å². The summed E-state index contributed by atoms with van der Waals surface area (Å²) in [5, 5.41) is 23.7. The van der Waals surface area contributed by atoms with Crippen LogP contribution < -0.4 is 38.1 Å². The molecule has 4 aliphatic rings. The highest BCUT2D eigenvalue weighted by Gasteiger charge is 2.68. The summed E-state index contributed by atoms with van der Waals surface area (Å²) in [6.45, 7) is 11.4. The third-order valence-corrected chi connectivity index (χ3v) is 12.9. The van der Waals surface area contributed by atoms with Crippen LogP contribution in [0.2, 0.25) is 0 Å². The topological polar surface area (TPSA) is 236 Å². The van der Waals surface area contributed by atoms with Gasteiger partial charge in [0.1, 0.15) is 24.2 Å². The van der Waals surface area contributed by atoms with E-state index >= 15 is 0 Å². The highest BCUT2D eigenvalue weighted by atomic mass is 19.4. The molecule has 1 heterocycles. The van der Waals surface area contributed by atoms with Gasteiger partial charge in [0.15, 0.2) is 0 Å². The Morgan fingerprint density at radius 1 is 0.774 bits per heavy atom. The molecule has 15 nitrogen and oxygen atoms in total. The zero-order chi connectivity index (χ0) is 45.7. The van der Waals surface area contributed by atoms with E-state index in [4.69, 9.17) is 20.8 Å². The molecule has 1 unspecified atom stereocenters. The van der Waals surface area contributed by atoms with Crippen molar-refractivity contribution in [2.45, 2.75) is 134 Å². The second-order valence-corrected chi connectivity index (χ2v) is 17.7. The number of aliphatic hydroxyl groups is 1. The smallest absolute Gasteiger partial charge is 0.404 e. The summed E-state index contributed by atoms with van der Waals surface area (Å²) in [6.07, 6.45) is -2.68. The molecule has 2 aromatic carbocycles. The van der Waals surface area contributed by atoms with E-state index in [0.717, 1.165) is 25.0 Å². The maximum absolute atomic E-state index is 13.7. The van der Waals surface area contributed by atoms with Gasteiger partial charge in [-0.25, -0.2) is 0 Å². The van der Waals surface area contributed by atoms with E-state index in [1.165, 1.54) is 38.1 Å². The number of hydrogen-bond acceptors (Lipinski definition) is 10. The molecule has 6 rings (SSSR count). The quantitative estimate of drug-likeness (QED) is 0.0759. The van der Waals surface area contributed by atoms with Crippen molar-refractivity contribution in [2.75, 3.05) is 13.1 Å². The number of carbonyl (C=O) groups is 5. The molecule has 0 spiro atoms. The summed E-state index contributed by atoms with van der Waals surface area (Å²) in [4.78, 5) is 67.2. The fourth-order valence-electron chi connectivity index (χ4n) is 8.94. The molecule has 1 aliphatic heterocycles. The highest BCUT2D eigenvalue weighted by molar-refractivity contribution is 6.47. The summed E-state index contributed by atoms with van der Waals surface area (Å²) in [6, 6.07) is 5.52. The van der Waals surface area contributed by atoms with Gasteiger partial charge in [0, 0.05) is 5.56 Å². The van der Waals surface area contributed by atoms with Crippen molar-refractivity contribution in [3.8, 4) is 11.1 Å². The van der Waals surface area contributed by atoms with Gasteiger partial charge in [-0.1, -0.05) is 38.1 Å². The molecule has 2 aromatic rings. The van der Waals surface area contributed by atoms with Crippen molar-refractivity contribution < 1.29 is 51.6 Å². The van der Waals surface area contributed by atoms with Gasteiger partial charge < -0.3 is 52.5 Å². The summed E-state index contributed by atoms with van der Waals surface area (Å²) < 4.78 is 51.8. The van der Waals surface area contributed by atoms with Crippen LogP contribution in [0.25, 0.3) is 11.1 Å². The molecule has 2 bridgehead atoms. The predicted molar refractivity (Wildman–Crippen MR) is 226 cm³/mol. The Morgan fingerprint density at radius 3 is 1.94 bits per heavy atom. The van der Waals surface area contributed by atoms with E-state index in [9.17, 15) is 42.3 Å². The maximum atomic E-state index is 13.7. The van der Waals surface area contributed by atoms with Crippen molar-refractivity contribution in [3.05, 3.63) is 59.7 Å². The number of amides is 5. The Bertz CT molecular complexity index is 1920. The first-order valence-corrected chi connectivity index (χ1v) is 21.3. The number of rotatable bonds is 19. The lowest BCUT2D eigenvalue weighted by Crippen LogP contribution is -2.65. The SMILES string of the molecule is C[C@H](NC(=O)[C@H](CCCCN)NC(=O)[C@H](C)NC(=O)[C@@H](NC(=O)[C@H](CCN)NC(=O)c1ccc(-c2ccc(C(F)(F)F)cc2)cc1)[C@@H](C)O)B1OC2C[C@@H]3C[C@@H](C3(C)C)[C@]2(C)O1. The van der Waals surface area contributed by atoms with Crippen LogP contribution in [0.15, 0.2) is 48.5 Å². The lowest BCUT2D eigenvalue weighted by Gasteiger charge is -2.64. The lowest BCUT2D eigenvalue weighted by atomic mass is 9.43. The van der Waals surface area contributed by atoms with Crippen LogP contribution in [-0.4, -0.2) is 103 Å². The highest BCUT2D eigenvalue weighted by Crippen LogP contribution is 2.65. The fraction of sp³-hybridized carbons (Fsp3) is 0.605. The average Bonchev–Trinajstić information content (AvgIpc) is 3.59. The normalized spacial score (nSPS) is 24.2. The molecule has 1 saturated heterocycles. The Hall–Kier alpha value is -4.56. The molecule has 10 atom stereocenters. The van der Waals surface area contributed by atoms with Crippen LogP contribution in [0.5, 0.6) is 0 Å². The van der Waals surface area contributed by atoms with E-state index in [2.05, 4.69) is 47.4 Å². The van der Waals surface area contributed by atoms with Crippen LogP contribution in [0.1, 0.15) is 96.0 Å². The van der Waals surface area contributed by atoms with Gasteiger partial charge in [-0.05, 0) is 132 Å². The first kappa shape index (κ1) is 48.5. The number of halogens is 3. The first-order valence-electron chi connectivity index (χ1n) is 21.3. The van der Waals surface area contributed by atoms with Crippen molar-refractivity contribution in [1.82, 2.24) is 26.6 Å². The molecule has 3 saturated carbocycles. The monoisotopic (exact) mass is 871 g/mol. The third kappa shape index (κ3) is 11.0. The van der Waals surface area contributed by atoms with Crippen LogP contribution in [0, 0.1) is 17.3 Å². The van der Waals surface area contributed by atoms with Gasteiger partial charge in [-0.15, -0.1) is 0 Å². The number of carbonyl (C=O) groups excluding carboxylic acids is 5. The first-order chi connectivity index (χ1) is 29.1. The summed E-state index contributed by atoms with van der Waals surface area (Å²) >= 11 is 0. The Morgan fingerprint density at radius 2 is 1.37 bits per heavy atom. The average molecular weight is 872 g/mol. The molecule has 0 radical (unpaired) electrons. The van der Waals surface area contributed by atoms with Gasteiger partial charge in [-0.3, -0.25) is 24.0 Å². The Kier molecular flexibility index (Phi) is 15.5. The number of alkyl halides is 3. The minimum absolute atomic E-state index is 0.0351. The van der Waals surface area contributed by atoms with Gasteiger partial charge in [-0.2, -0.15) is 13.2 Å². The van der Waals surface area contributed by atoms with Gasteiger partial charge in [0.05, 0.1) is 29.3 Å². The van der Waals surface area contributed by atoms with Crippen molar-refractivity contribution in [2.24, 2.45) is 28.7 Å². The maximum Gasteiger partial charge on any atom is 0.481 e. The molecule has 4 fully saturated rings. The standard InChI is InChI=1S/C43H61BF3N7O8/c1-23(36(56)52-31(9-7-8-19-48)38(58)51-25(3)44-61-34-22-30-21-33(41(30,4)5)42(34,6)62-44)50-40(60)35(24(2)55)54-39(59)32(18-20-49)53-37(57)28-12-10-26(11-13-28)27-14-16-29(17-15-27)43(45,46)47/h10-17,23-25,30-35,55H,7-9,18-22,48-49H2,1-6H3,(H,50,60)(H,51,58)(H,52,56)(H,53,57)(H,54,59)/t23-,24+,25-,30-,31-,32-,33-,34?,35-,42-/m0/s1. The zero-order valence-electron chi connectivity index (χ0n) is 36.1. The predicted octanol–water partition coefficient (Wildman–Crippen LogP) is 2.58. The Balaban J connectivity index is 1.15. The van der Waals surface area contributed by atoms with E-state index < -0.39 is 90.2 Å². The summed E-state index contributed by atoms with van der Waals surface area (Å²) in [7, 11) is -0.677. The van der Waals surface area contributed by atoms with Crippen molar-refractivity contribution in [3.63, 3.8) is 0 Å². The van der Waals surface area contributed by atoms with Crippen LogP contribution >= 0.6 is 0 Å². The molecule has 10 N–H and O–H groups in total. The zero-order valence-corrected chi connectivity index (χ0v) is 36.1. The van der Waals surface area contributed by atoms with Gasteiger partial charge >= 0.3 is 13.3 Å². The van der Waals surface area contributed by atoms with Crippen LogP contribution in [-0.2, 0) is 34.7 Å². The summed E-state index contributed by atoms with van der Waals surface area (Å²) in [5.41, 5.74) is 11.5. The molecule has 340 valence electrons. The number of aliphatic hydroxyl groups excluding tert-OH is 1. The minimum Gasteiger partial charge on any atom is -0.404 e. The molecule has 19 heteroatoms. The molecular weight excluding hydrogens is 810 g/mol. The minimum atomic E-state index is -4.48. The van der Waals surface area contributed by atoms with E-state index in [1.54, 1.807) is 19.1 Å². The van der Waals surface area contributed by atoms with Crippen LogP contribution in [0.4, 0.5) is 13.2 Å². The number of nitrogens with one attached hydrogen (secondary N) is 5. The number of benzene rings is 2. The van der Waals surface area contributed by atoms with Gasteiger partial charge in [0.25, 0.3) is 5.91 Å². The second kappa shape index (κ2) is 19.9. The Labute approximate surface area is 360 Å². The van der Waals surface area contributed by atoms with Crippen molar-refractivity contribution >= 4 is 36.7 Å². The molecule has 62 heavy (non-hydrogen) atoms.